The standard InChI is InChI=1S/C13H16O4/c1-3-10(14)16-13(17-11(15)4-2)9-8-12(13)6-5-7-12/h3-4H,1-2,5-9H2. The number of esters is 2. The van der Waals surface area contributed by atoms with Crippen molar-refractivity contribution < 1.29 is 19.1 Å². The molecular formula is C13H16O4. The molecule has 92 valence electrons. The third kappa shape index (κ3) is 1.68. The highest BCUT2D eigenvalue weighted by Gasteiger charge is 2.67. The Bertz CT molecular complexity index is 351. The summed E-state index contributed by atoms with van der Waals surface area (Å²) < 4.78 is 10.6. The Morgan fingerprint density at radius 1 is 0.941 bits per heavy atom. The first-order valence-electron chi connectivity index (χ1n) is 5.78. The maximum atomic E-state index is 11.4. The quantitative estimate of drug-likeness (QED) is 0.426. The molecule has 17 heavy (non-hydrogen) atoms. The summed E-state index contributed by atoms with van der Waals surface area (Å²) in [7, 11) is 0. The first kappa shape index (κ1) is 11.9. The molecule has 0 bridgehead atoms. The summed E-state index contributed by atoms with van der Waals surface area (Å²) in [5.41, 5.74) is -0.162. The number of carbonyl (C=O) groups is 2. The van der Waals surface area contributed by atoms with Gasteiger partial charge in [0.05, 0.1) is 0 Å². The fourth-order valence-electron chi connectivity index (χ4n) is 2.66. The van der Waals surface area contributed by atoms with Gasteiger partial charge >= 0.3 is 11.9 Å². The molecule has 0 unspecified atom stereocenters. The van der Waals surface area contributed by atoms with Crippen molar-refractivity contribution in [3.05, 3.63) is 25.3 Å². The maximum Gasteiger partial charge on any atom is 0.333 e. The minimum absolute atomic E-state index is 0.162. The van der Waals surface area contributed by atoms with Gasteiger partial charge in [0.25, 0.3) is 5.79 Å². The van der Waals surface area contributed by atoms with Crippen LogP contribution in [0.3, 0.4) is 0 Å². The molecule has 0 radical (unpaired) electrons. The van der Waals surface area contributed by atoms with Crippen molar-refractivity contribution in [2.45, 2.75) is 37.9 Å². The molecule has 0 atom stereocenters. The van der Waals surface area contributed by atoms with Gasteiger partial charge in [-0.2, -0.15) is 0 Å². The van der Waals surface area contributed by atoms with Crippen molar-refractivity contribution in [3.8, 4) is 0 Å². The number of rotatable bonds is 4. The molecule has 0 N–H and O–H groups in total. The van der Waals surface area contributed by atoms with Gasteiger partial charge in [0.15, 0.2) is 0 Å². The van der Waals surface area contributed by atoms with Crippen LogP contribution in [-0.4, -0.2) is 17.7 Å². The van der Waals surface area contributed by atoms with E-state index in [1.165, 1.54) is 0 Å². The summed E-state index contributed by atoms with van der Waals surface area (Å²) >= 11 is 0. The van der Waals surface area contributed by atoms with E-state index in [9.17, 15) is 9.59 Å². The summed E-state index contributed by atoms with van der Waals surface area (Å²) in [5, 5.41) is 0. The van der Waals surface area contributed by atoms with E-state index in [1.54, 1.807) is 0 Å². The molecule has 2 rings (SSSR count). The number of ether oxygens (including phenoxy) is 2. The molecule has 0 heterocycles. The summed E-state index contributed by atoms with van der Waals surface area (Å²) in [6.45, 7) is 6.72. The van der Waals surface area contributed by atoms with Crippen LogP contribution in [0.4, 0.5) is 0 Å². The summed E-state index contributed by atoms with van der Waals surface area (Å²) in [5.74, 6) is -2.18. The van der Waals surface area contributed by atoms with Gasteiger partial charge in [0.1, 0.15) is 0 Å². The SMILES string of the molecule is C=CC(=O)OC1(OC(=O)C=C)CCC12CCC2. The highest BCUT2D eigenvalue weighted by Crippen LogP contribution is 2.64. The van der Waals surface area contributed by atoms with Crippen LogP contribution in [-0.2, 0) is 19.1 Å². The lowest BCUT2D eigenvalue weighted by molar-refractivity contribution is -0.334. The Hall–Kier alpha value is -1.58. The Labute approximate surface area is 100 Å². The van der Waals surface area contributed by atoms with Crippen LogP contribution in [0.25, 0.3) is 0 Å². The lowest BCUT2D eigenvalue weighted by Gasteiger charge is -2.60. The zero-order chi connectivity index (χ0) is 12.5. The van der Waals surface area contributed by atoms with Gasteiger partial charge in [0.2, 0.25) is 0 Å². The van der Waals surface area contributed by atoms with Crippen molar-refractivity contribution in [2.75, 3.05) is 0 Å². The Morgan fingerprint density at radius 2 is 1.47 bits per heavy atom. The zero-order valence-electron chi connectivity index (χ0n) is 9.74. The molecule has 2 aliphatic rings. The molecular weight excluding hydrogens is 220 g/mol. The topological polar surface area (TPSA) is 52.6 Å². The van der Waals surface area contributed by atoms with Gasteiger partial charge in [0, 0.05) is 24.0 Å². The predicted octanol–water partition coefficient (Wildman–Crippen LogP) is 2.11. The molecule has 1 spiro atoms. The van der Waals surface area contributed by atoms with Crippen LogP contribution in [0.15, 0.2) is 25.3 Å². The molecule has 2 aliphatic carbocycles. The Balaban J connectivity index is 2.17. The second kappa shape index (κ2) is 4.02. The summed E-state index contributed by atoms with van der Waals surface area (Å²) in [4.78, 5) is 22.7. The van der Waals surface area contributed by atoms with Crippen LogP contribution >= 0.6 is 0 Å². The second-order valence-corrected chi connectivity index (χ2v) is 4.64. The average Bonchev–Trinajstić information content (AvgIpc) is 2.24. The van der Waals surface area contributed by atoms with Gasteiger partial charge in [-0.3, -0.25) is 0 Å². The van der Waals surface area contributed by atoms with E-state index in [-0.39, 0.29) is 5.41 Å². The van der Waals surface area contributed by atoms with E-state index in [4.69, 9.17) is 9.47 Å². The van der Waals surface area contributed by atoms with E-state index >= 15 is 0 Å². The summed E-state index contributed by atoms with van der Waals surface area (Å²) in [6, 6.07) is 0. The highest BCUT2D eigenvalue weighted by molar-refractivity contribution is 5.83. The molecule has 2 saturated carbocycles. The van der Waals surface area contributed by atoms with Crippen molar-refractivity contribution >= 4 is 11.9 Å². The highest BCUT2D eigenvalue weighted by atomic mass is 16.7. The van der Waals surface area contributed by atoms with Crippen LogP contribution in [0.5, 0.6) is 0 Å². The number of hydrogen-bond donors (Lipinski definition) is 0. The van der Waals surface area contributed by atoms with Gasteiger partial charge in [-0.1, -0.05) is 19.6 Å². The molecule has 0 aromatic heterocycles. The van der Waals surface area contributed by atoms with Crippen molar-refractivity contribution in [1.82, 2.24) is 0 Å². The van der Waals surface area contributed by atoms with Crippen LogP contribution in [0.1, 0.15) is 32.1 Å². The molecule has 0 aliphatic heterocycles. The van der Waals surface area contributed by atoms with Crippen LogP contribution in [0.2, 0.25) is 0 Å². The first-order valence-corrected chi connectivity index (χ1v) is 5.78. The molecule has 0 amide bonds. The minimum Gasteiger partial charge on any atom is -0.419 e. The van der Waals surface area contributed by atoms with Gasteiger partial charge in [-0.25, -0.2) is 9.59 Å². The fraction of sp³-hybridized carbons (Fsp3) is 0.538. The fourth-order valence-corrected chi connectivity index (χ4v) is 2.66. The first-order chi connectivity index (χ1) is 8.07. The lowest BCUT2D eigenvalue weighted by Crippen LogP contribution is -2.64. The van der Waals surface area contributed by atoms with Crippen molar-refractivity contribution in [3.63, 3.8) is 0 Å². The Kier molecular flexibility index (Phi) is 2.81. The van der Waals surface area contributed by atoms with E-state index in [1.807, 2.05) is 0 Å². The molecule has 0 aromatic rings. The number of hydrogen-bond acceptors (Lipinski definition) is 4. The molecule has 2 fully saturated rings. The second-order valence-electron chi connectivity index (χ2n) is 4.64. The van der Waals surface area contributed by atoms with E-state index in [2.05, 4.69) is 13.2 Å². The number of carbonyl (C=O) groups excluding carboxylic acids is 2. The Morgan fingerprint density at radius 3 is 1.71 bits per heavy atom. The third-order valence-electron chi connectivity index (χ3n) is 3.92. The third-order valence-corrected chi connectivity index (χ3v) is 3.92. The van der Waals surface area contributed by atoms with Gasteiger partial charge in [-0.05, 0) is 19.3 Å². The van der Waals surface area contributed by atoms with Gasteiger partial charge in [-0.15, -0.1) is 0 Å². The molecule has 4 heteroatoms. The van der Waals surface area contributed by atoms with Crippen LogP contribution < -0.4 is 0 Å². The summed E-state index contributed by atoms with van der Waals surface area (Å²) in [6.07, 6.45) is 6.62. The van der Waals surface area contributed by atoms with E-state index in [0.29, 0.717) is 6.42 Å². The smallest absolute Gasteiger partial charge is 0.333 e. The van der Waals surface area contributed by atoms with E-state index in [0.717, 1.165) is 37.8 Å². The largest absolute Gasteiger partial charge is 0.419 e. The monoisotopic (exact) mass is 236 g/mol. The molecule has 0 saturated heterocycles. The molecule has 4 nitrogen and oxygen atoms in total. The normalized spacial score (nSPS) is 22.8. The average molecular weight is 236 g/mol. The maximum absolute atomic E-state index is 11.4. The zero-order valence-corrected chi connectivity index (χ0v) is 9.74. The molecule has 0 aromatic carbocycles. The predicted molar refractivity (Wildman–Crippen MR) is 60.8 cm³/mol. The minimum atomic E-state index is -1.08. The van der Waals surface area contributed by atoms with Crippen molar-refractivity contribution in [2.24, 2.45) is 5.41 Å². The van der Waals surface area contributed by atoms with E-state index < -0.39 is 17.7 Å². The van der Waals surface area contributed by atoms with Crippen molar-refractivity contribution in [1.29, 1.82) is 0 Å². The van der Waals surface area contributed by atoms with Gasteiger partial charge < -0.3 is 9.47 Å². The lowest BCUT2D eigenvalue weighted by atomic mass is 9.52. The van der Waals surface area contributed by atoms with Crippen LogP contribution in [0, 0.1) is 5.41 Å².